The lowest BCUT2D eigenvalue weighted by Gasteiger charge is -2.18. The van der Waals surface area contributed by atoms with Crippen LogP contribution < -0.4 is 0 Å². The second kappa shape index (κ2) is 8.43. The highest BCUT2D eigenvalue weighted by molar-refractivity contribution is 5.94. The number of carbonyl (C=O) groups is 1. The van der Waals surface area contributed by atoms with Gasteiger partial charge in [0.25, 0.3) is 5.91 Å². The van der Waals surface area contributed by atoms with E-state index in [9.17, 15) is 9.18 Å². The number of amides is 1. The van der Waals surface area contributed by atoms with E-state index in [4.69, 9.17) is 5.11 Å². The Kier molecular flexibility index (Phi) is 6.90. The average Bonchev–Trinajstić information content (AvgIpc) is 2.46. The molecule has 0 saturated carbocycles. The molecule has 1 amide bonds. The van der Waals surface area contributed by atoms with Crippen LogP contribution in [0, 0.1) is 23.6 Å². The minimum Gasteiger partial charge on any atom is -0.395 e. The number of halogens is 1. The van der Waals surface area contributed by atoms with Gasteiger partial charge in [-0.3, -0.25) is 4.79 Å². The van der Waals surface area contributed by atoms with Crippen molar-refractivity contribution in [3.63, 3.8) is 0 Å². The van der Waals surface area contributed by atoms with Crippen LogP contribution in [0.1, 0.15) is 42.6 Å². The number of benzene rings is 1. The molecular weight excluding hydrogens is 269 g/mol. The second-order valence-electron chi connectivity index (χ2n) is 5.38. The van der Waals surface area contributed by atoms with Gasteiger partial charge in [-0.2, -0.15) is 0 Å². The van der Waals surface area contributed by atoms with Gasteiger partial charge in [-0.1, -0.05) is 25.7 Å². The molecule has 0 aliphatic rings. The van der Waals surface area contributed by atoms with Crippen LogP contribution in [-0.4, -0.2) is 36.1 Å². The Morgan fingerprint density at radius 3 is 2.76 bits per heavy atom. The van der Waals surface area contributed by atoms with Crippen LogP contribution >= 0.6 is 0 Å². The number of aliphatic hydroxyl groups excluding tert-OH is 1. The van der Waals surface area contributed by atoms with E-state index in [1.807, 2.05) is 0 Å². The molecule has 114 valence electrons. The van der Waals surface area contributed by atoms with Gasteiger partial charge in [-0.25, -0.2) is 4.39 Å². The molecule has 0 saturated heterocycles. The van der Waals surface area contributed by atoms with Crippen molar-refractivity contribution in [2.45, 2.75) is 26.7 Å². The lowest BCUT2D eigenvalue weighted by Crippen LogP contribution is -2.29. The van der Waals surface area contributed by atoms with Gasteiger partial charge in [0.15, 0.2) is 0 Å². The molecule has 0 unspecified atom stereocenters. The molecule has 0 spiro atoms. The minimum absolute atomic E-state index is 0.0160. The number of carbonyl (C=O) groups excluding carboxylic acids is 1. The maximum atomic E-state index is 13.8. The Bertz CT molecular complexity index is 543. The van der Waals surface area contributed by atoms with E-state index in [1.54, 1.807) is 7.05 Å². The summed E-state index contributed by atoms with van der Waals surface area (Å²) in [6.07, 6.45) is 1.23. The first-order chi connectivity index (χ1) is 9.95. The maximum Gasteiger partial charge on any atom is 0.256 e. The fourth-order valence-electron chi connectivity index (χ4n) is 1.75. The van der Waals surface area contributed by atoms with Crippen molar-refractivity contribution in [2.24, 2.45) is 5.92 Å². The number of hydrogen-bond donors (Lipinski definition) is 1. The summed E-state index contributed by atoms with van der Waals surface area (Å²) in [6, 6.07) is 4.25. The molecule has 0 aliphatic heterocycles. The lowest BCUT2D eigenvalue weighted by atomic mass is 10.1. The Balaban J connectivity index is 2.88. The molecule has 0 aliphatic carbocycles. The third kappa shape index (κ3) is 5.57. The van der Waals surface area contributed by atoms with Crippen LogP contribution in [0.3, 0.4) is 0 Å². The molecule has 0 atom stereocenters. The largest absolute Gasteiger partial charge is 0.395 e. The molecule has 0 heterocycles. The molecule has 1 rings (SSSR count). The fourth-order valence-corrected chi connectivity index (χ4v) is 1.75. The molecule has 0 bridgehead atoms. The van der Waals surface area contributed by atoms with Gasteiger partial charge in [0.2, 0.25) is 0 Å². The van der Waals surface area contributed by atoms with Gasteiger partial charge in [0.1, 0.15) is 5.82 Å². The molecule has 1 aromatic carbocycles. The first-order valence-corrected chi connectivity index (χ1v) is 7.10. The molecule has 0 aromatic heterocycles. The molecule has 21 heavy (non-hydrogen) atoms. The van der Waals surface area contributed by atoms with Crippen LogP contribution in [0.5, 0.6) is 0 Å². The van der Waals surface area contributed by atoms with E-state index in [0.29, 0.717) is 24.4 Å². The van der Waals surface area contributed by atoms with Crippen molar-refractivity contribution in [1.29, 1.82) is 0 Å². The number of hydrogen-bond acceptors (Lipinski definition) is 2. The van der Waals surface area contributed by atoms with Gasteiger partial charge in [0.05, 0.1) is 12.2 Å². The van der Waals surface area contributed by atoms with E-state index in [0.717, 1.165) is 6.42 Å². The molecule has 1 N–H and O–H groups in total. The van der Waals surface area contributed by atoms with Crippen LogP contribution in [0.15, 0.2) is 18.2 Å². The van der Waals surface area contributed by atoms with Crippen molar-refractivity contribution in [2.75, 3.05) is 20.2 Å². The Hall–Kier alpha value is -1.86. The number of rotatable bonds is 5. The highest BCUT2D eigenvalue weighted by Crippen LogP contribution is 2.13. The summed E-state index contributed by atoms with van der Waals surface area (Å²) >= 11 is 0. The molecule has 4 heteroatoms. The molecule has 1 aromatic rings. The lowest BCUT2D eigenvalue weighted by molar-refractivity contribution is 0.0784. The zero-order chi connectivity index (χ0) is 15.8. The third-order valence-electron chi connectivity index (χ3n) is 3.05. The second-order valence-corrected chi connectivity index (χ2v) is 5.38. The average molecular weight is 291 g/mol. The predicted octanol–water partition coefficient (Wildman–Crippen LogP) is 2.68. The topological polar surface area (TPSA) is 40.5 Å². The smallest absolute Gasteiger partial charge is 0.256 e. The third-order valence-corrected chi connectivity index (χ3v) is 3.05. The van der Waals surface area contributed by atoms with Crippen LogP contribution in [0.2, 0.25) is 0 Å². The summed E-state index contributed by atoms with van der Waals surface area (Å²) in [5.41, 5.74) is 0.613. The maximum absolute atomic E-state index is 13.8. The van der Waals surface area contributed by atoms with Crippen molar-refractivity contribution < 1.29 is 14.3 Å². The monoisotopic (exact) mass is 291 g/mol. The zero-order valence-corrected chi connectivity index (χ0v) is 12.8. The van der Waals surface area contributed by atoms with Crippen LogP contribution in [-0.2, 0) is 0 Å². The minimum atomic E-state index is -0.538. The van der Waals surface area contributed by atoms with Crippen molar-refractivity contribution in [3.05, 3.63) is 35.1 Å². The zero-order valence-electron chi connectivity index (χ0n) is 12.8. The standard InChI is InChI=1S/C17H22FNO2/c1-13(2)9-10-19(3)17(21)15-12-14(6-4-5-11-20)7-8-16(15)18/h7-8,12-13,20H,5,9-11H2,1-3H3. The van der Waals surface area contributed by atoms with Gasteiger partial charge in [-0.15, -0.1) is 0 Å². The first kappa shape index (κ1) is 17.2. The Morgan fingerprint density at radius 2 is 2.14 bits per heavy atom. The van der Waals surface area contributed by atoms with Crippen molar-refractivity contribution >= 4 is 5.91 Å². The normalized spacial score (nSPS) is 10.2. The molecular formula is C17H22FNO2. The van der Waals surface area contributed by atoms with Crippen LogP contribution in [0.25, 0.3) is 0 Å². The molecule has 3 nitrogen and oxygen atoms in total. The predicted molar refractivity (Wildman–Crippen MR) is 81.4 cm³/mol. The van der Waals surface area contributed by atoms with E-state index >= 15 is 0 Å². The highest BCUT2D eigenvalue weighted by atomic mass is 19.1. The Morgan fingerprint density at radius 1 is 1.43 bits per heavy atom. The SMILES string of the molecule is CC(C)CCN(C)C(=O)c1cc(C#CCCO)ccc1F. The summed E-state index contributed by atoms with van der Waals surface area (Å²) in [6.45, 7) is 4.74. The van der Waals surface area contributed by atoms with Crippen molar-refractivity contribution in [1.82, 2.24) is 4.90 Å². The first-order valence-electron chi connectivity index (χ1n) is 7.10. The van der Waals surface area contributed by atoms with E-state index < -0.39 is 5.82 Å². The summed E-state index contributed by atoms with van der Waals surface area (Å²) < 4.78 is 13.8. The summed E-state index contributed by atoms with van der Waals surface area (Å²) in [4.78, 5) is 13.8. The molecule has 0 fully saturated rings. The summed E-state index contributed by atoms with van der Waals surface area (Å²) in [5.74, 6) is 5.18. The van der Waals surface area contributed by atoms with Gasteiger partial charge < -0.3 is 10.0 Å². The highest BCUT2D eigenvalue weighted by Gasteiger charge is 2.16. The van der Waals surface area contributed by atoms with E-state index in [-0.39, 0.29) is 18.1 Å². The van der Waals surface area contributed by atoms with Gasteiger partial charge in [0, 0.05) is 25.6 Å². The van der Waals surface area contributed by atoms with Crippen molar-refractivity contribution in [3.8, 4) is 11.8 Å². The quantitative estimate of drug-likeness (QED) is 0.847. The molecule has 0 radical (unpaired) electrons. The fraction of sp³-hybridized carbons (Fsp3) is 0.471. The van der Waals surface area contributed by atoms with E-state index in [2.05, 4.69) is 25.7 Å². The number of nitrogens with zero attached hydrogens (tertiary/aromatic N) is 1. The van der Waals surface area contributed by atoms with Crippen LogP contribution in [0.4, 0.5) is 4.39 Å². The summed E-state index contributed by atoms with van der Waals surface area (Å²) in [7, 11) is 1.67. The number of aliphatic hydroxyl groups is 1. The van der Waals surface area contributed by atoms with Gasteiger partial charge >= 0.3 is 0 Å². The van der Waals surface area contributed by atoms with Gasteiger partial charge in [-0.05, 0) is 30.5 Å². The summed E-state index contributed by atoms with van der Waals surface area (Å²) in [5, 5.41) is 8.68. The Labute approximate surface area is 125 Å². The van der Waals surface area contributed by atoms with E-state index in [1.165, 1.54) is 23.1 Å².